The zero-order valence-corrected chi connectivity index (χ0v) is 10.1. The third kappa shape index (κ3) is 2.32. The molecule has 0 bridgehead atoms. The third-order valence-corrected chi connectivity index (χ3v) is 4.89. The Morgan fingerprint density at radius 2 is 0.562 bits per heavy atom. The van der Waals surface area contributed by atoms with Gasteiger partial charge in [-0.2, -0.15) is 0 Å². The van der Waals surface area contributed by atoms with Gasteiger partial charge in [-0.3, -0.25) is 0 Å². The molecule has 0 amide bonds. The minimum atomic E-state index is -6.17. The smallest absolute Gasteiger partial charge is 1.00 e. The molecular weight excluding hydrogens is 233 g/mol. The predicted octanol–water partition coefficient (Wildman–Crippen LogP) is -8.89. The summed E-state index contributed by atoms with van der Waals surface area (Å²) >= 11 is 0. The second-order valence-electron chi connectivity index (χ2n) is 1.80. The Bertz CT molecular complexity index is 398. The molecule has 0 aliphatic heterocycles. The fourth-order valence-electron chi connectivity index (χ4n) is 0.265. The van der Waals surface area contributed by atoms with Crippen molar-refractivity contribution in [3.05, 3.63) is 0 Å². The maximum Gasteiger partial charge on any atom is 1.00 e. The van der Waals surface area contributed by atoms with Gasteiger partial charge in [0.15, 0.2) is 0 Å². The molecule has 0 fully saturated rings. The van der Waals surface area contributed by atoms with Crippen molar-refractivity contribution >= 4 is 0 Å². The van der Waals surface area contributed by atoms with Crippen LogP contribution in [0.2, 0.25) is 0 Å². The van der Waals surface area contributed by atoms with E-state index in [9.17, 15) is 0 Å². The van der Waals surface area contributed by atoms with Gasteiger partial charge in [0.2, 0.25) is 0 Å². The maximum absolute atomic E-state index is 8.58. The van der Waals surface area contributed by atoms with Crippen molar-refractivity contribution in [1.82, 2.24) is 0 Å². The summed E-state index contributed by atoms with van der Waals surface area (Å²) in [7, 11) is -6.17. The average Bonchev–Trinajstić information content (AvgIpc) is 2.26. The van der Waals surface area contributed by atoms with Gasteiger partial charge in [-0.25, -0.2) is 0 Å². The van der Waals surface area contributed by atoms with Crippen molar-refractivity contribution in [2.24, 2.45) is 0 Å². The number of nitrogens with zero attached hydrogens (tertiary/aromatic N) is 6. The molecule has 0 aromatic heterocycles. The summed E-state index contributed by atoms with van der Waals surface area (Å²) in [6.07, 6.45) is 0. The van der Waals surface area contributed by atoms with Crippen LogP contribution in [0.25, 0.3) is 0 Å². The summed E-state index contributed by atoms with van der Waals surface area (Å²) < 4.78 is 0. The number of hydrogen-bond donors (Lipinski definition) is 0. The van der Waals surface area contributed by atoms with E-state index in [1.54, 1.807) is 0 Å². The van der Waals surface area contributed by atoms with Crippen LogP contribution in [0.4, 0.5) is 0 Å². The van der Waals surface area contributed by atoms with Crippen molar-refractivity contribution in [3.8, 4) is 29.8 Å². The minimum Gasteiger partial charge on any atom is 1.00 e. The van der Waals surface area contributed by atoms with Crippen molar-refractivity contribution in [3.63, 3.8) is 0 Å². The molecule has 0 N–H and O–H groups in total. The van der Waals surface area contributed by atoms with Gasteiger partial charge < -0.3 is 0 Å². The Kier molecular flexibility index (Phi) is 9.33. The standard InChI is InChI=1S/6CN.Fe.3Li/c6*1-2;;;;/q;;;;;;-3;3*+1. The number of hydrogen-bond acceptors (Lipinski definition) is 6. The molecule has 0 radical (unpaired) electrons. The number of nitriles is 6. The first kappa shape index (κ1) is 24.5. The molecule has 0 atom stereocenters. The quantitative estimate of drug-likeness (QED) is 0.380. The Balaban J connectivity index is -0.000000240. The van der Waals surface area contributed by atoms with Crippen molar-refractivity contribution in [1.29, 1.82) is 31.6 Å². The molecule has 6 nitrogen and oxygen atoms in total. The first-order valence-electron chi connectivity index (χ1n) is 2.40. The largest absolute Gasteiger partial charge is 1.00 e. The maximum atomic E-state index is 8.58. The molecule has 0 saturated carbocycles. The summed E-state index contributed by atoms with van der Waals surface area (Å²) in [4.78, 5) is 6.19. The third-order valence-electron chi connectivity index (χ3n) is 1.19. The normalized spacial score (nSPS) is 10.9. The van der Waals surface area contributed by atoms with E-state index in [0.717, 1.165) is 29.8 Å². The molecular formula is C6FeLi3N6. The average molecular weight is 233 g/mol. The SMILES string of the molecule is N#[C][Fe-3]([C]#N)([C]#N)([C]#N)([C]#N)[C]#N.[Li+].[Li+].[Li+]. The van der Waals surface area contributed by atoms with Crippen LogP contribution in [0.1, 0.15) is 0 Å². The molecule has 0 aliphatic rings. The van der Waals surface area contributed by atoms with Gasteiger partial charge in [-0.1, -0.05) is 0 Å². The topological polar surface area (TPSA) is 143 Å². The summed E-state index contributed by atoms with van der Waals surface area (Å²) in [5, 5.41) is 51.5. The Hall–Kier alpha value is -0.748. The molecule has 0 saturated heterocycles. The van der Waals surface area contributed by atoms with Gasteiger partial charge in [-0.05, 0) is 0 Å². The first-order valence-corrected chi connectivity index (χ1v) is 5.71. The molecule has 0 aromatic rings. The molecule has 0 aliphatic carbocycles. The van der Waals surface area contributed by atoms with E-state index in [0.29, 0.717) is 0 Å². The van der Waals surface area contributed by atoms with Crippen LogP contribution < -0.4 is 56.6 Å². The Morgan fingerprint density at radius 3 is 0.562 bits per heavy atom. The van der Waals surface area contributed by atoms with E-state index in [-0.39, 0.29) is 56.6 Å². The zero-order valence-electron chi connectivity index (χ0n) is 9.04. The monoisotopic (exact) mass is 233 g/mol. The van der Waals surface area contributed by atoms with Gasteiger partial charge in [-0.15, -0.1) is 0 Å². The second-order valence-corrected chi connectivity index (χ2v) is 7.42. The van der Waals surface area contributed by atoms with E-state index < -0.39 is 10.7 Å². The van der Waals surface area contributed by atoms with Gasteiger partial charge in [0.25, 0.3) is 0 Å². The second kappa shape index (κ2) is 6.10. The molecule has 10 heteroatoms. The van der Waals surface area contributed by atoms with E-state index in [1.165, 1.54) is 0 Å². The first-order chi connectivity index (χ1) is 5.97. The van der Waals surface area contributed by atoms with E-state index in [1.807, 2.05) is 0 Å². The van der Waals surface area contributed by atoms with Crippen LogP contribution in [-0.4, -0.2) is 0 Å². The van der Waals surface area contributed by atoms with Gasteiger partial charge in [0, 0.05) is 0 Å². The van der Waals surface area contributed by atoms with Crippen LogP contribution in [-0.2, 0) is 10.7 Å². The summed E-state index contributed by atoms with van der Waals surface area (Å²) in [5.74, 6) is 0. The van der Waals surface area contributed by atoms with Gasteiger partial charge in [0.05, 0.1) is 0 Å². The molecule has 0 unspecified atom stereocenters. The van der Waals surface area contributed by atoms with Gasteiger partial charge in [0.1, 0.15) is 0 Å². The summed E-state index contributed by atoms with van der Waals surface area (Å²) in [6.45, 7) is 0. The van der Waals surface area contributed by atoms with E-state index >= 15 is 0 Å². The molecule has 16 heavy (non-hydrogen) atoms. The molecule has 0 rings (SSSR count). The molecule has 0 spiro atoms. The fraction of sp³-hybridized carbons (Fsp3) is 0. The van der Waals surface area contributed by atoms with Crippen LogP contribution in [0.3, 0.4) is 0 Å². The van der Waals surface area contributed by atoms with E-state index in [4.69, 9.17) is 31.6 Å². The van der Waals surface area contributed by atoms with Crippen LogP contribution in [0.5, 0.6) is 0 Å². The zero-order chi connectivity index (χ0) is 10.7. The summed E-state index contributed by atoms with van der Waals surface area (Å²) in [6, 6.07) is 0. The van der Waals surface area contributed by atoms with Crippen LogP contribution in [0, 0.1) is 61.4 Å². The van der Waals surface area contributed by atoms with Gasteiger partial charge >= 0.3 is 129 Å². The minimum absolute atomic E-state index is 0. The Morgan fingerprint density at radius 1 is 0.438 bits per heavy atom. The fourth-order valence-corrected chi connectivity index (χ4v) is 1.09. The predicted molar refractivity (Wildman–Crippen MR) is 33.7 cm³/mol. The Labute approximate surface area is 127 Å². The van der Waals surface area contributed by atoms with Crippen molar-refractivity contribution in [2.45, 2.75) is 0 Å². The molecule has 0 heterocycles. The van der Waals surface area contributed by atoms with Crippen LogP contribution >= 0.6 is 0 Å². The molecule has 65 valence electrons. The van der Waals surface area contributed by atoms with Crippen LogP contribution in [0.15, 0.2) is 0 Å². The summed E-state index contributed by atoms with van der Waals surface area (Å²) in [5.41, 5.74) is 0. The number of rotatable bonds is 0. The molecule has 0 aromatic carbocycles. The van der Waals surface area contributed by atoms with E-state index in [2.05, 4.69) is 0 Å². The van der Waals surface area contributed by atoms with Crippen molar-refractivity contribution < 1.29 is 67.3 Å². The van der Waals surface area contributed by atoms with Crippen molar-refractivity contribution in [2.75, 3.05) is 0 Å².